The van der Waals surface area contributed by atoms with Crippen LogP contribution >= 0.6 is 0 Å². The molecule has 7 rings (SSSR count). The molecule has 0 aliphatic carbocycles. The second-order valence-corrected chi connectivity index (χ2v) is 9.15. The Morgan fingerprint density at radius 2 is 1.79 bits per heavy atom. The number of nitrogens with one attached hydrogen (secondary N) is 1. The van der Waals surface area contributed by atoms with E-state index in [2.05, 4.69) is 21.3 Å². The molecule has 0 spiro atoms. The van der Waals surface area contributed by atoms with Crippen molar-refractivity contribution in [2.75, 3.05) is 16.8 Å². The summed E-state index contributed by atoms with van der Waals surface area (Å²) in [5.41, 5.74) is 4.34. The van der Waals surface area contributed by atoms with Crippen molar-refractivity contribution < 1.29 is 9.15 Å². The lowest BCUT2D eigenvalue weighted by molar-refractivity contribution is 0.342. The van der Waals surface area contributed by atoms with E-state index in [1.165, 1.54) is 0 Å². The lowest BCUT2D eigenvalue weighted by Gasteiger charge is -2.39. The number of aliphatic imine (C=N–C) groups is 2. The molecule has 0 radical (unpaired) electrons. The highest BCUT2D eigenvalue weighted by atomic mass is 16.5. The standard InChI is InChI=1S/C30H25N7O2/c1-3-38-23-14-7-5-12-21(23)33-28-30-34-29-26(19(2)35-37(29)25-16-8-9-17-31-25)27(24-15-10-18-39-24)36(30)22-13-6-4-11-20(22)32-28/h4-18,27H,3H2,1-2H3,(H,32,33)/t27-/m0/s1. The maximum atomic E-state index is 6.04. The van der Waals surface area contributed by atoms with Crippen LogP contribution in [0.1, 0.15) is 30.0 Å². The number of fused-ring (bicyclic) bond motifs is 4. The van der Waals surface area contributed by atoms with Crippen LogP contribution in [0.2, 0.25) is 0 Å². The SMILES string of the molecule is CCOc1ccccc1NC1=Nc2ccccc2N2C1=Nc1c(c(C)nn1-c1ccccn1)[C@@H]2c1ccco1. The highest BCUT2D eigenvalue weighted by Gasteiger charge is 2.42. The predicted octanol–water partition coefficient (Wildman–Crippen LogP) is 6.36. The van der Waals surface area contributed by atoms with Crippen LogP contribution in [0, 0.1) is 6.92 Å². The van der Waals surface area contributed by atoms with Crippen molar-refractivity contribution in [1.29, 1.82) is 0 Å². The summed E-state index contributed by atoms with van der Waals surface area (Å²) in [6, 6.07) is 25.2. The second kappa shape index (κ2) is 9.29. The number of hydrogen-bond donors (Lipinski definition) is 1. The van der Waals surface area contributed by atoms with Crippen LogP contribution in [0.25, 0.3) is 5.82 Å². The minimum Gasteiger partial charge on any atom is -0.492 e. The van der Waals surface area contributed by atoms with E-state index in [0.717, 1.165) is 39.8 Å². The third kappa shape index (κ3) is 3.78. The number of para-hydroxylation sites is 4. The van der Waals surface area contributed by atoms with Gasteiger partial charge in [0.2, 0.25) is 0 Å². The molecule has 0 fully saturated rings. The molecule has 1 N–H and O–H groups in total. The van der Waals surface area contributed by atoms with Crippen LogP contribution in [-0.2, 0) is 0 Å². The molecule has 0 saturated heterocycles. The van der Waals surface area contributed by atoms with Crippen molar-refractivity contribution in [2.45, 2.75) is 19.9 Å². The number of aromatic nitrogens is 3. The van der Waals surface area contributed by atoms with Gasteiger partial charge in [-0.2, -0.15) is 9.78 Å². The van der Waals surface area contributed by atoms with Gasteiger partial charge in [-0.05, 0) is 62.4 Å². The number of furan rings is 1. The van der Waals surface area contributed by atoms with E-state index >= 15 is 0 Å². The molecule has 5 heterocycles. The lowest BCUT2D eigenvalue weighted by Crippen LogP contribution is -2.46. The first-order valence-corrected chi connectivity index (χ1v) is 12.8. The van der Waals surface area contributed by atoms with Gasteiger partial charge in [-0.15, -0.1) is 0 Å². The van der Waals surface area contributed by atoms with Crippen LogP contribution in [0.4, 0.5) is 22.9 Å². The Kier molecular flexibility index (Phi) is 5.47. The molecule has 0 amide bonds. The van der Waals surface area contributed by atoms with Crippen molar-refractivity contribution in [3.8, 4) is 11.6 Å². The minimum atomic E-state index is -0.324. The Morgan fingerprint density at radius 1 is 0.949 bits per heavy atom. The van der Waals surface area contributed by atoms with E-state index in [9.17, 15) is 0 Å². The van der Waals surface area contributed by atoms with Gasteiger partial charge in [-0.3, -0.25) is 0 Å². The van der Waals surface area contributed by atoms with Gasteiger partial charge in [0.1, 0.15) is 17.6 Å². The largest absolute Gasteiger partial charge is 0.492 e. The molecule has 2 aliphatic heterocycles. The Labute approximate surface area is 225 Å². The van der Waals surface area contributed by atoms with Gasteiger partial charge in [0.25, 0.3) is 0 Å². The number of amidine groups is 2. The summed E-state index contributed by atoms with van der Waals surface area (Å²) in [7, 11) is 0. The van der Waals surface area contributed by atoms with Crippen molar-refractivity contribution in [1.82, 2.24) is 14.8 Å². The number of aryl methyl sites for hydroxylation is 1. The first-order valence-electron chi connectivity index (χ1n) is 12.8. The molecule has 5 aromatic rings. The molecule has 2 aromatic carbocycles. The maximum absolute atomic E-state index is 6.04. The number of hydrogen-bond acceptors (Lipinski definition) is 8. The average molecular weight is 516 g/mol. The van der Waals surface area contributed by atoms with Crippen molar-refractivity contribution in [3.05, 3.63) is 108 Å². The van der Waals surface area contributed by atoms with Crippen LogP contribution in [0.15, 0.2) is 106 Å². The quantitative estimate of drug-likeness (QED) is 0.293. The van der Waals surface area contributed by atoms with Gasteiger partial charge < -0.3 is 19.4 Å². The summed E-state index contributed by atoms with van der Waals surface area (Å²) >= 11 is 0. The van der Waals surface area contributed by atoms with Crippen molar-refractivity contribution >= 4 is 34.6 Å². The zero-order valence-electron chi connectivity index (χ0n) is 21.4. The lowest BCUT2D eigenvalue weighted by atomic mass is 9.98. The molecule has 39 heavy (non-hydrogen) atoms. The normalized spacial score (nSPS) is 15.5. The summed E-state index contributed by atoms with van der Waals surface area (Å²) in [6.45, 7) is 4.51. The summed E-state index contributed by atoms with van der Waals surface area (Å²) in [6.07, 6.45) is 3.45. The number of nitrogens with zero attached hydrogens (tertiary/aromatic N) is 6. The van der Waals surface area contributed by atoms with Crippen LogP contribution < -0.4 is 15.0 Å². The Balaban J connectivity index is 1.47. The van der Waals surface area contributed by atoms with Crippen LogP contribution in [-0.4, -0.2) is 33.0 Å². The predicted molar refractivity (Wildman–Crippen MR) is 151 cm³/mol. The number of ether oxygens (including phenoxy) is 1. The zero-order valence-corrected chi connectivity index (χ0v) is 21.4. The number of benzene rings is 2. The van der Waals surface area contributed by atoms with Crippen molar-refractivity contribution in [3.63, 3.8) is 0 Å². The maximum Gasteiger partial charge on any atom is 0.179 e. The van der Waals surface area contributed by atoms with Crippen LogP contribution in [0.3, 0.4) is 0 Å². The highest BCUT2D eigenvalue weighted by molar-refractivity contribution is 6.51. The molecular weight excluding hydrogens is 490 g/mol. The molecule has 9 nitrogen and oxygen atoms in total. The molecule has 2 aliphatic rings. The van der Waals surface area contributed by atoms with E-state index in [4.69, 9.17) is 24.2 Å². The molecule has 0 saturated carbocycles. The molecule has 3 aromatic heterocycles. The summed E-state index contributed by atoms with van der Waals surface area (Å²) < 4.78 is 13.7. The molecule has 0 bridgehead atoms. The van der Waals surface area contributed by atoms with Crippen molar-refractivity contribution in [2.24, 2.45) is 9.98 Å². The average Bonchev–Trinajstić information content (AvgIpc) is 3.62. The Bertz CT molecular complexity index is 1720. The monoisotopic (exact) mass is 515 g/mol. The third-order valence-corrected chi connectivity index (χ3v) is 6.76. The third-order valence-electron chi connectivity index (χ3n) is 6.76. The van der Waals surface area contributed by atoms with Gasteiger partial charge in [0.05, 0.1) is 41.2 Å². The first kappa shape index (κ1) is 23.0. The number of anilines is 2. The summed E-state index contributed by atoms with van der Waals surface area (Å²) in [5, 5.41) is 8.40. The topological polar surface area (TPSA) is 93.1 Å². The van der Waals surface area contributed by atoms with E-state index in [-0.39, 0.29) is 6.04 Å². The minimum absolute atomic E-state index is 0.324. The molecule has 9 heteroatoms. The highest BCUT2D eigenvalue weighted by Crippen LogP contribution is 2.48. The fourth-order valence-corrected chi connectivity index (χ4v) is 5.13. The Hall–Kier alpha value is -5.18. The summed E-state index contributed by atoms with van der Waals surface area (Å²) in [5.74, 6) is 4.12. The van der Waals surface area contributed by atoms with Gasteiger partial charge in [-0.1, -0.05) is 30.3 Å². The fraction of sp³-hybridized carbons (Fsp3) is 0.133. The number of rotatable bonds is 5. The van der Waals surface area contributed by atoms with Gasteiger partial charge in [0, 0.05) is 6.20 Å². The Morgan fingerprint density at radius 3 is 2.62 bits per heavy atom. The van der Waals surface area contributed by atoms with Gasteiger partial charge in [-0.25, -0.2) is 15.0 Å². The first-order chi connectivity index (χ1) is 19.2. The van der Waals surface area contributed by atoms with E-state index in [0.29, 0.717) is 29.9 Å². The zero-order chi connectivity index (χ0) is 26.3. The molecular formula is C30H25N7O2. The van der Waals surface area contributed by atoms with E-state index in [1.54, 1.807) is 17.1 Å². The smallest absolute Gasteiger partial charge is 0.179 e. The fourth-order valence-electron chi connectivity index (χ4n) is 5.13. The second-order valence-electron chi connectivity index (χ2n) is 9.15. The molecule has 192 valence electrons. The molecule has 0 unspecified atom stereocenters. The van der Waals surface area contributed by atoms with Gasteiger partial charge in [0.15, 0.2) is 23.3 Å². The summed E-state index contributed by atoms with van der Waals surface area (Å²) in [4.78, 5) is 17.0. The van der Waals surface area contributed by atoms with Crippen LogP contribution in [0.5, 0.6) is 5.75 Å². The van der Waals surface area contributed by atoms with E-state index in [1.807, 2.05) is 86.6 Å². The number of pyridine rings is 1. The van der Waals surface area contributed by atoms with E-state index < -0.39 is 0 Å². The molecule has 1 atom stereocenters. The van der Waals surface area contributed by atoms with Gasteiger partial charge >= 0.3 is 0 Å².